The molecule has 0 saturated heterocycles. The van der Waals surface area contributed by atoms with Crippen LogP contribution in [0.5, 0.6) is 0 Å². The van der Waals surface area contributed by atoms with E-state index in [4.69, 9.17) is 5.11 Å². The van der Waals surface area contributed by atoms with Crippen LogP contribution in [0.4, 0.5) is 0 Å². The molecule has 0 aliphatic carbocycles. The van der Waals surface area contributed by atoms with E-state index in [0.717, 1.165) is 13.0 Å². The minimum atomic E-state index is 0.218. The van der Waals surface area contributed by atoms with Crippen molar-refractivity contribution in [3.05, 3.63) is 0 Å². The fourth-order valence-electron chi connectivity index (χ4n) is 0.717. The van der Waals surface area contributed by atoms with Gasteiger partial charge in [0, 0.05) is 19.0 Å². The maximum absolute atomic E-state index is 8.78. The molecule has 0 radical (unpaired) electrons. The molecule has 0 aliphatic rings. The van der Waals surface area contributed by atoms with Crippen molar-refractivity contribution in [3.8, 4) is 11.8 Å². The fourth-order valence-corrected chi connectivity index (χ4v) is 0.717. The zero-order chi connectivity index (χ0) is 8.69. The Morgan fingerprint density at radius 1 is 1.55 bits per heavy atom. The van der Waals surface area contributed by atoms with Crippen LogP contribution in [0.2, 0.25) is 0 Å². The van der Waals surface area contributed by atoms with Crippen molar-refractivity contribution < 1.29 is 5.11 Å². The summed E-state index contributed by atoms with van der Waals surface area (Å²) >= 11 is 0. The van der Waals surface area contributed by atoms with Gasteiger partial charge in [0.15, 0.2) is 0 Å². The molecule has 0 aromatic rings. The molecule has 0 aromatic carbocycles. The monoisotopic (exact) mass is 155 g/mol. The van der Waals surface area contributed by atoms with Crippen molar-refractivity contribution in [1.82, 2.24) is 4.90 Å². The number of aliphatic hydroxyl groups is 1. The second kappa shape index (κ2) is 6.21. The predicted molar refractivity (Wildman–Crippen MR) is 47.2 cm³/mol. The molecule has 0 aliphatic heterocycles. The van der Waals surface area contributed by atoms with E-state index in [1.807, 2.05) is 20.9 Å². The molecular formula is C9H17NO. The Morgan fingerprint density at radius 2 is 2.18 bits per heavy atom. The van der Waals surface area contributed by atoms with Gasteiger partial charge in [-0.3, -0.25) is 0 Å². The first kappa shape index (κ1) is 10.5. The van der Waals surface area contributed by atoms with Gasteiger partial charge in [-0.05, 0) is 20.9 Å². The molecule has 0 amide bonds. The number of rotatable bonds is 4. The predicted octanol–water partition coefficient (Wildman–Crippen LogP) is 0.712. The summed E-state index contributed by atoms with van der Waals surface area (Å²) in [6.07, 6.45) is 0.886. The zero-order valence-corrected chi connectivity index (χ0v) is 7.59. The molecule has 11 heavy (non-hydrogen) atoms. The van der Waals surface area contributed by atoms with Gasteiger partial charge >= 0.3 is 0 Å². The Kier molecular flexibility index (Phi) is 5.91. The topological polar surface area (TPSA) is 23.5 Å². The summed E-state index contributed by atoms with van der Waals surface area (Å²) in [5, 5.41) is 8.78. The minimum Gasteiger partial charge on any atom is -0.395 e. The minimum absolute atomic E-state index is 0.218. The third-order valence-corrected chi connectivity index (χ3v) is 1.78. The molecule has 2 nitrogen and oxygen atoms in total. The summed E-state index contributed by atoms with van der Waals surface area (Å²) in [6, 6.07) is 0.244. The molecule has 0 saturated carbocycles. The molecule has 2 heteroatoms. The van der Waals surface area contributed by atoms with E-state index in [9.17, 15) is 0 Å². The molecule has 0 fully saturated rings. The van der Waals surface area contributed by atoms with E-state index in [1.54, 1.807) is 0 Å². The lowest BCUT2D eigenvalue weighted by Crippen LogP contribution is -2.32. The van der Waals surface area contributed by atoms with Gasteiger partial charge in [0.25, 0.3) is 0 Å². The van der Waals surface area contributed by atoms with Gasteiger partial charge < -0.3 is 10.0 Å². The van der Waals surface area contributed by atoms with Gasteiger partial charge in [0.1, 0.15) is 0 Å². The van der Waals surface area contributed by atoms with Gasteiger partial charge in [-0.25, -0.2) is 0 Å². The second-order valence-corrected chi connectivity index (χ2v) is 2.69. The van der Waals surface area contributed by atoms with Gasteiger partial charge in [0.05, 0.1) is 6.61 Å². The summed E-state index contributed by atoms with van der Waals surface area (Å²) in [6.45, 7) is 4.99. The van der Waals surface area contributed by atoms with Crippen molar-refractivity contribution >= 4 is 0 Å². The van der Waals surface area contributed by atoms with Crippen molar-refractivity contribution in [2.24, 2.45) is 0 Å². The molecule has 64 valence electrons. The summed E-state index contributed by atoms with van der Waals surface area (Å²) in [5.41, 5.74) is 0. The van der Waals surface area contributed by atoms with Crippen LogP contribution in [-0.2, 0) is 0 Å². The summed E-state index contributed by atoms with van der Waals surface area (Å²) in [4.78, 5) is 2.10. The standard InChI is InChI=1S/C9H17NO/c1-4-5-6-7-10(3)9(2)8-11/h9,11H,6-8H2,1-3H3. The van der Waals surface area contributed by atoms with Crippen LogP contribution in [0.1, 0.15) is 20.3 Å². The first-order valence-corrected chi connectivity index (χ1v) is 3.93. The summed E-state index contributed by atoms with van der Waals surface area (Å²) < 4.78 is 0. The molecule has 1 N–H and O–H groups in total. The number of likely N-dealkylation sites (N-methyl/N-ethyl adjacent to an activating group) is 1. The van der Waals surface area contributed by atoms with Gasteiger partial charge in [0.2, 0.25) is 0 Å². The SMILES string of the molecule is CC#CCCN(C)C(C)CO. The largest absolute Gasteiger partial charge is 0.395 e. The molecule has 0 spiro atoms. The van der Waals surface area contributed by atoms with E-state index in [1.165, 1.54) is 0 Å². The fraction of sp³-hybridized carbons (Fsp3) is 0.778. The second-order valence-electron chi connectivity index (χ2n) is 2.69. The lowest BCUT2D eigenvalue weighted by Gasteiger charge is -2.21. The van der Waals surface area contributed by atoms with Gasteiger partial charge in [-0.1, -0.05) is 0 Å². The van der Waals surface area contributed by atoms with Crippen molar-refractivity contribution in [2.75, 3.05) is 20.2 Å². The Labute approximate surface area is 69.2 Å². The van der Waals surface area contributed by atoms with Crippen LogP contribution in [-0.4, -0.2) is 36.2 Å². The first-order chi connectivity index (χ1) is 5.22. The van der Waals surface area contributed by atoms with Crippen LogP contribution < -0.4 is 0 Å². The zero-order valence-electron chi connectivity index (χ0n) is 7.59. The van der Waals surface area contributed by atoms with Crippen LogP contribution in [0.15, 0.2) is 0 Å². The highest BCUT2D eigenvalue weighted by Gasteiger charge is 2.04. The van der Waals surface area contributed by atoms with E-state index in [-0.39, 0.29) is 12.6 Å². The maximum atomic E-state index is 8.78. The van der Waals surface area contributed by atoms with E-state index >= 15 is 0 Å². The number of aliphatic hydroxyl groups excluding tert-OH is 1. The van der Waals surface area contributed by atoms with Crippen LogP contribution in [0.3, 0.4) is 0 Å². The van der Waals surface area contributed by atoms with Gasteiger partial charge in [-0.2, -0.15) is 0 Å². The average molecular weight is 155 g/mol. The molecule has 0 rings (SSSR count). The number of nitrogens with zero attached hydrogens (tertiary/aromatic N) is 1. The van der Waals surface area contributed by atoms with Gasteiger partial charge in [-0.15, -0.1) is 11.8 Å². The van der Waals surface area contributed by atoms with E-state index < -0.39 is 0 Å². The number of hydrogen-bond acceptors (Lipinski definition) is 2. The lowest BCUT2D eigenvalue weighted by molar-refractivity contribution is 0.161. The van der Waals surface area contributed by atoms with Crippen LogP contribution in [0, 0.1) is 11.8 Å². The molecule has 0 aromatic heterocycles. The third kappa shape index (κ3) is 4.83. The Hall–Kier alpha value is -0.520. The Morgan fingerprint density at radius 3 is 2.64 bits per heavy atom. The Bertz CT molecular complexity index is 145. The van der Waals surface area contributed by atoms with Crippen LogP contribution >= 0.6 is 0 Å². The average Bonchev–Trinajstić information content (AvgIpc) is 2.03. The quantitative estimate of drug-likeness (QED) is 0.604. The van der Waals surface area contributed by atoms with Crippen molar-refractivity contribution in [3.63, 3.8) is 0 Å². The molecule has 1 atom stereocenters. The normalized spacial score (nSPS) is 12.5. The summed E-state index contributed by atoms with van der Waals surface area (Å²) in [7, 11) is 2.00. The highest BCUT2D eigenvalue weighted by molar-refractivity contribution is 4.95. The van der Waals surface area contributed by atoms with Crippen molar-refractivity contribution in [1.29, 1.82) is 0 Å². The highest BCUT2D eigenvalue weighted by Crippen LogP contribution is 1.94. The van der Waals surface area contributed by atoms with E-state index in [0.29, 0.717) is 0 Å². The van der Waals surface area contributed by atoms with Crippen molar-refractivity contribution in [2.45, 2.75) is 26.3 Å². The first-order valence-electron chi connectivity index (χ1n) is 3.93. The molecular weight excluding hydrogens is 138 g/mol. The smallest absolute Gasteiger partial charge is 0.0584 e. The number of hydrogen-bond donors (Lipinski definition) is 1. The molecule has 0 heterocycles. The maximum Gasteiger partial charge on any atom is 0.0584 e. The Balaban J connectivity index is 3.48. The van der Waals surface area contributed by atoms with Crippen LogP contribution in [0.25, 0.3) is 0 Å². The highest BCUT2D eigenvalue weighted by atomic mass is 16.3. The van der Waals surface area contributed by atoms with E-state index in [2.05, 4.69) is 16.7 Å². The summed E-state index contributed by atoms with van der Waals surface area (Å²) in [5.74, 6) is 5.83. The molecule has 0 bridgehead atoms. The lowest BCUT2D eigenvalue weighted by atomic mass is 10.3. The third-order valence-electron chi connectivity index (χ3n) is 1.78. The molecule has 1 unspecified atom stereocenters.